The minimum absolute atomic E-state index is 0.0495. The molecule has 97 heavy (non-hydrogen) atoms. The van der Waals surface area contributed by atoms with E-state index in [0.717, 1.165) is 125 Å². The van der Waals surface area contributed by atoms with Gasteiger partial charge in [0, 0.05) is 37.3 Å². The molecule has 3 unspecified atom stereocenters. The van der Waals surface area contributed by atoms with Crippen LogP contribution >= 0.6 is 0 Å². The lowest BCUT2D eigenvalue weighted by Crippen LogP contribution is -2.27. The maximum Gasteiger partial charge on any atom is 0.338 e. The van der Waals surface area contributed by atoms with Gasteiger partial charge in [-0.25, -0.2) is 14.4 Å². The molecule has 1 aromatic heterocycles. The van der Waals surface area contributed by atoms with Crippen LogP contribution in [0, 0.1) is 34.6 Å². The first-order chi connectivity index (χ1) is 46.8. The minimum atomic E-state index is -0.957. The summed E-state index contributed by atoms with van der Waals surface area (Å²) in [4.78, 5) is 52.3. The zero-order valence-electron chi connectivity index (χ0n) is 56.4. The van der Waals surface area contributed by atoms with Crippen molar-refractivity contribution in [3.8, 4) is 67.5 Å². The number of phenols is 1. The number of carboxylic acids is 1. The number of hydrogen-bond donors (Lipinski definition) is 3. The molecule has 16 nitrogen and oxygen atoms in total. The lowest BCUT2D eigenvalue weighted by molar-refractivity contribution is 0.0590. The number of phenolic OH excluding ortho intramolecular Hbond substituents is 1. The molecule has 1 amide bonds. The zero-order valence-corrected chi connectivity index (χ0v) is 56.4. The van der Waals surface area contributed by atoms with Gasteiger partial charge in [0.05, 0.1) is 55.3 Å². The monoisotopic (exact) mass is 1310 g/mol. The molecule has 0 bridgehead atoms. The van der Waals surface area contributed by atoms with E-state index >= 15 is 0 Å². The summed E-state index contributed by atoms with van der Waals surface area (Å²) in [5.41, 5.74) is 15.8. The quantitative estimate of drug-likeness (QED) is 0.0644. The normalized spacial score (nSPS) is 15.6. The lowest BCUT2D eigenvalue weighted by atomic mass is 10.0. The van der Waals surface area contributed by atoms with E-state index in [1.165, 1.54) is 31.4 Å². The average molecular weight is 1310 g/mol. The molecule has 3 fully saturated rings. The van der Waals surface area contributed by atoms with Gasteiger partial charge in [0.25, 0.3) is 5.91 Å². The third-order valence-corrected chi connectivity index (χ3v) is 16.7. The number of amides is 1. The molecular formula is C81H86N2O14. The highest BCUT2D eigenvalue weighted by Crippen LogP contribution is 2.32. The van der Waals surface area contributed by atoms with E-state index in [4.69, 9.17) is 33.2 Å². The Kier molecular flexibility index (Phi) is 25.7. The highest BCUT2D eigenvalue weighted by atomic mass is 16.6. The number of nitrogens with zero attached hydrogens (tertiary/aromatic N) is 1. The predicted octanol–water partition coefficient (Wildman–Crippen LogP) is 16.5. The molecule has 3 aliphatic heterocycles. The van der Waals surface area contributed by atoms with Gasteiger partial charge in [-0.1, -0.05) is 125 Å². The number of aromatic nitrogens is 1. The van der Waals surface area contributed by atoms with Gasteiger partial charge in [-0.05, 0) is 209 Å². The Morgan fingerprint density at radius 1 is 0.454 bits per heavy atom. The third-order valence-electron chi connectivity index (χ3n) is 16.7. The lowest BCUT2D eigenvalue weighted by Gasteiger charge is -2.17. The number of ether oxygens (including phenoxy) is 8. The molecule has 3 saturated heterocycles. The van der Waals surface area contributed by atoms with Gasteiger partial charge in [-0.15, -0.1) is 0 Å². The second kappa shape index (κ2) is 35.0. The number of rotatable bonds is 19. The van der Waals surface area contributed by atoms with Gasteiger partial charge in [-0.2, -0.15) is 0 Å². The Morgan fingerprint density at radius 2 is 0.804 bits per heavy atom. The summed E-state index contributed by atoms with van der Waals surface area (Å²) in [6, 6.07) is 57.1. The SMILES string of the molecule is COC(=O)c1cc(O)cc(-c2ccc(C)cc2)c1.COC(=O)c1cc(OCC2CCCO2)cc(-c2ccc(C)cc2)c1.Cc1ccc(-c2cc(OCC3CCCO3)cc(C(=O)N[C@H](C)c3ccc(C)nc3)c2)cc1.Cc1ccc(-c2cc(OCC3CCCO3)cc(C(=O)O)c2)cc1. The maximum atomic E-state index is 13.1. The molecule has 3 N–H and O–H groups in total. The number of methoxy groups -OCH3 is 2. The number of aromatic carboxylic acids is 1. The molecule has 4 atom stereocenters. The van der Waals surface area contributed by atoms with Crippen LogP contribution in [0.25, 0.3) is 44.5 Å². The summed E-state index contributed by atoms with van der Waals surface area (Å²) in [5, 5.41) is 22.1. The van der Waals surface area contributed by atoms with Crippen LogP contribution in [0.1, 0.15) is 126 Å². The number of pyridine rings is 1. The van der Waals surface area contributed by atoms with Crippen molar-refractivity contribution in [3.63, 3.8) is 0 Å². The predicted molar refractivity (Wildman–Crippen MR) is 376 cm³/mol. The summed E-state index contributed by atoms with van der Waals surface area (Å²) in [6.07, 6.45) is 8.36. The molecule has 504 valence electrons. The Bertz CT molecular complexity index is 4060. The smallest absolute Gasteiger partial charge is 0.338 e. The number of benzene rings is 8. The largest absolute Gasteiger partial charge is 0.508 e. The van der Waals surface area contributed by atoms with Crippen LogP contribution < -0.4 is 19.5 Å². The molecule has 0 radical (unpaired) electrons. The standard InChI is InChI=1S/C27H30N2O3.C20H22O4.C19H20O4.C15H14O3/c1-18-6-9-21(10-7-18)23-13-24(15-26(14-23)32-17-25-5-4-12-31-25)27(30)29-20(3)22-11-8-19(2)28-16-22;1-14-5-7-15(8-6-14)16-10-17(20(21)22-2)12-19(11-16)24-13-18-4-3-9-23-18;1-13-4-6-14(7-5-13)15-9-16(19(20)21)11-18(10-15)23-12-17-3-2-8-22-17;1-10-3-5-11(6-4-10)12-7-13(15(17)18-2)9-14(16)8-12/h6-11,13-16,20,25H,4-5,12,17H2,1-3H3,(H,29,30);5-8,10-12,18H,3-4,9,13H2,1-2H3;4-7,9-11,17H,2-3,8,12H2,1H3,(H,20,21);3-9,16H,1-2H3/t20-,25?;;;/m1.../s1. The summed E-state index contributed by atoms with van der Waals surface area (Å²) in [6.45, 7) is 15.8. The first kappa shape index (κ1) is 71.2. The van der Waals surface area contributed by atoms with Gasteiger partial charge >= 0.3 is 17.9 Å². The van der Waals surface area contributed by atoms with Gasteiger partial charge in [0.15, 0.2) is 0 Å². The van der Waals surface area contributed by atoms with Crippen molar-refractivity contribution in [1.82, 2.24) is 10.3 Å². The van der Waals surface area contributed by atoms with E-state index in [1.807, 2.05) is 156 Å². The van der Waals surface area contributed by atoms with Crippen LogP contribution in [0.4, 0.5) is 0 Å². The number of aryl methyl sites for hydroxylation is 5. The van der Waals surface area contributed by atoms with E-state index in [1.54, 1.807) is 36.5 Å². The molecular weight excluding hydrogens is 1220 g/mol. The molecule has 9 aromatic rings. The van der Waals surface area contributed by atoms with Gasteiger partial charge < -0.3 is 53.4 Å². The summed E-state index contributed by atoms with van der Waals surface area (Å²) < 4.78 is 44.0. The first-order valence-corrected chi connectivity index (χ1v) is 32.8. The molecule has 0 aliphatic carbocycles. The van der Waals surface area contributed by atoms with Crippen molar-refractivity contribution in [2.75, 3.05) is 53.9 Å². The van der Waals surface area contributed by atoms with Crippen molar-refractivity contribution < 1.29 is 67.3 Å². The van der Waals surface area contributed by atoms with Gasteiger partial charge in [0.1, 0.15) is 42.8 Å². The molecule has 16 heteroatoms. The van der Waals surface area contributed by atoms with Crippen LogP contribution in [-0.4, -0.2) is 111 Å². The van der Waals surface area contributed by atoms with E-state index in [9.17, 15) is 29.4 Å². The van der Waals surface area contributed by atoms with Crippen LogP contribution in [-0.2, 0) is 23.7 Å². The van der Waals surface area contributed by atoms with Crippen molar-refractivity contribution in [1.29, 1.82) is 0 Å². The second-order valence-electron chi connectivity index (χ2n) is 24.5. The zero-order chi connectivity index (χ0) is 68.8. The Morgan fingerprint density at radius 3 is 1.15 bits per heavy atom. The number of carbonyl (C=O) groups is 4. The Balaban J connectivity index is 0.000000155. The minimum Gasteiger partial charge on any atom is -0.508 e. The van der Waals surface area contributed by atoms with Crippen molar-refractivity contribution in [2.45, 2.75) is 104 Å². The molecule has 3 aliphatic rings. The maximum absolute atomic E-state index is 13.1. The highest BCUT2D eigenvalue weighted by Gasteiger charge is 2.22. The summed E-state index contributed by atoms with van der Waals surface area (Å²) in [7, 11) is 2.70. The number of nitrogens with one attached hydrogen (secondary N) is 1. The summed E-state index contributed by atoms with van der Waals surface area (Å²) >= 11 is 0. The molecule has 8 aromatic carbocycles. The second-order valence-corrected chi connectivity index (χ2v) is 24.5. The number of esters is 2. The van der Waals surface area contributed by atoms with Crippen LogP contribution in [0.5, 0.6) is 23.0 Å². The average Bonchev–Trinajstić information content (AvgIpc) is 0.922. The molecule has 12 rings (SSSR count). The van der Waals surface area contributed by atoms with Crippen LogP contribution in [0.3, 0.4) is 0 Å². The number of carboxylic acid groups (broad SMARTS) is 1. The fraction of sp³-hybridized carbons (Fsp3) is 0.296. The third kappa shape index (κ3) is 21.4. The van der Waals surface area contributed by atoms with E-state index < -0.39 is 11.9 Å². The molecule has 0 saturated carbocycles. The van der Waals surface area contributed by atoms with Gasteiger partial charge in [0.2, 0.25) is 0 Å². The Hall–Kier alpha value is -10.1. The highest BCUT2D eigenvalue weighted by molar-refractivity contribution is 5.96. The Labute approximate surface area is 568 Å². The number of aromatic hydroxyl groups is 1. The van der Waals surface area contributed by atoms with Crippen molar-refractivity contribution in [3.05, 3.63) is 244 Å². The van der Waals surface area contributed by atoms with Crippen molar-refractivity contribution in [2.24, 2.45) is 0 Å². The fourth-order valence-electron chi connectivity index (χ4n) is 11.0. The summed E-state index contributed by atoms with van der Waals surface area (Å²) in [5.74, 6) is 0.0157. The fourth-order valence-corrected chi connectivity index (χ4v) is 11.0. The molecule has 0 spiro atoms. The van der Waals surface area contributed by atoms with Gasteiger partial charge in [-0.3, -0.25) is 9.78 Å². The van der Waals surface area contributed by atoms with Crippen molar-refractivity contribution >= 4 is 23.8 Å². The van der Waals surface area contributed by atoms with E-state index in [0.29, 0.717) is 53.8 Å². The van der Waals surface area contributed by atoms with E-state index in [-0.39, 0.29) is 47.5 Å². The number of carbonyl (C=O) groups excluding carboxylic acids is 3. The van der Waals surface area contributed by atoms with Crippen LogP contribution in [0.2, 0.25) is 0 Å². The van der Waals surface area contributed by atoms with E-state index in [2.05, 4.69) is 46.2 Å². The first-order valence-electron chi connectivity index (χ1n) is 32.8. The molecule has 4 heterocycles. The number of hydrogen-bond acceptors (Lipinski definition) is 14. The topological polar surface area (TPSA) is 207 Å². The van der Waals surface area contributed by atoms with Crippen LogP contribution in [0.15, 0.2) is 188 Å².